The van der Waals surface area contributed by atoms with Crippen LogP contribution in [0.1, 0.15) is 17.5 Å². The first-order valence-electron chi connectivity index (χ1n) is 9.00. The number of hydrogen-bond donors (Lipinski definition) is 2. The zero-order valence-corrected chi connectivity index (χ0v) is 18.3. The molecule has 0 saturated heterocycles. The number of amides is 2. The van der Waals surface area contributed by atoms with Gasteiger partial charge in [-0.2, -0.15) is 0 Å². The molecule has 1 aromatic carbocycles. The van der Waals surface area contributed by atoms with Crippen molar-refractivity contribution in [1.29, 1.82) is 0 Å². The summed E-state index contributed by atoms with van der Waals surface area (Å²) in [6.45, 7) is 1.84. The van der Waals surface area contributed by atoms with Gasteiger partial charge in [0.1, 0.15) is 0 Å². The Morgan fingerprint density at radius 2 is 2.00 bits per heavy atom. The molecule has 0 spiro atoms. The van der Waals surface area contributed by atoms with Gasteiger partial charge in [0.05, 0.1) is 22.1 Å². The van der Waals surface area contributed by atoms with Gasteiger partial charge in [0.2, 0.25) is 5.91 Å². The van der Waals surface area contributed by atoms with Crippen molar-refractivity contribution < 1.29 is 14.0 Å². The van der Waals surface area contributed by atoms with Crippen molar-refractivity contribution in [2.45, 2.75) is 17.1 Å². The second-order valence-electron chi connectivity index (χ2n) is 6.22. The lowest BCUT2D eigenvalue weighted by molar-refractivity contribution is -0.115. The molecule has 152 valence electrons. The number of thiazole rings is 1. The van der Waals surface area contributed by atoms with Crippen LogP contribution in [0.5, 0.6) is 0 Å². The highest BCUT2D eigenvalue weighted by Crippen LogP contribution is 2.30. The molecule has 2 N–H and O–H groups in total. The van der Waals surface area contributed by atoms with Gasteiger partial charge in [0, 0.05) is 16.0 Å². The summed E-state index contributed by atoms with van der Waals surface area (Å²) in [6, 6.07) is 14.6. The third kappa shape index (κ3) is 4.99. The third-order valence-electron chi connectivity index (χ3n) is 4.03. The van der Waals surface area contributed by atoms with Crippen molar-refractivity contribution in [3.63, 3.8) is 0 Å². The SMILES string of the molecule is CC(Sc1cccc(NC(=O)c2ccco2)c1)C(=O)Nc1nc(-c2cccs2)cs1. The van der Waals surface area contributed by atoms with Crippen molar-refractivity contribution in [3.8, 4) is 10.6 Å². The maximum absolute atomic E-state index is 12.6. The third-order valence-corrected chi connectivity index (χ3v) is 6.77. The number of nitrogens with one attached hydrogen (secondary N) is 2. The monoisotopic (exact) mass is 455 g/mol. The number of thioether (sulfide) groups is 1. The first-order valence-corrected chi connectivity index (χ1v) is 11.6. The van der Waals surface area contributed by atoms with Crippen LogP contribution in [0.2, 0.25) is 0 Å². The number of benzene rings is 1. The maximum atomic E-state index is 12.6. The zero-order chi connectivity index (χ0) is 20.9. The fourth-order valence-corrected chi connectivity index (χ4v) is 4.98. The highest BCUT2D eigenvalue weighted by Gasteiger charge is 2.17. The fraction of sp³-hybridized carbons (Fsp3) is 0.0952. The van der Waals surface area contributed by atoms with Gasteiger partial charge in [0.25, 0.3) is 5.91 Å². The number of anilines is 2. The van der Waals surface area contributed by atoms with Crippen LogP contribution in [-0.4, -0.2) is 22.0 Å². The van der Waals surface area contributed by atoms with Crippen LogP contribution >= 0.6 is 34.4 Å². The van der Waals surface area contributed by atoms with E-state index < -0.39 is 0 Å². The molecule has 0 bridgehead atoms. The number of aromatic nitrogens is 1. The van der Waals surface area contributed by atoms with Crippen LogP contribution in [0.4, 0.5) is 10.8 Å². The van der Waals surface area contributed by atoms with Crippen LogP contribution in [0.15, 0.2) is 74.9 Å². The Balaban J connectivity index is 1.35. The fourth-order valence-electron chi connectivity index (χ4n) is 2.58. The van der Waals surface area contributed by atoms with Crippen molar-refractivity contribution in [1.82, 2.24) is 4.98 Å². The number of hydrogen-bond acceptors (Lipinski definition) is 7. The average Bonchev–Trinajstić information content (AvgIpc) is 3.49. The lowest BCUT2D eigenvalue weighted by Crippen LogP contribution is -2.22. The van der Waals surface area contributed by atoms with Crippen molar-refractivity contribution in [2.24, 2.45) is 0 Å². The lowest BCUT2D eigenvalue weighted by Gasteiger charge is -2.11. The molecule has 4 rings (SSSR count). The summed E-state index contributed by atoms with van der Waals surface area (Å²) in [4.78, 5) is 31.1. The zero-order valence-electron chi connectivity index (χ0n) is 15.8. The molecule has 0 aliphatic carbocycles. The molecule has 0 aliphatic heterocycles. The lowest BCUT2D eigenvalue weighted by atomic mass is 10.3. The van der Waals surface area contributed by atoms with Gasteiger partial charge < -0.3 is 15.1 Å². The number of carbonyl (C=O) groups excluding carboxylic acids is 2. The second-order valence-corrected chi connectivity index (χ2v) is 9.44. The van der Waals surface area contributed by atoms with Gasteiger partial charge in [-0.1, -0.05) is 12.1 Å². The summed E-state index contributed by atoms with van der Waals surface area (Å²) in [7, 11) is 0. The van der Waals surface area contributed by atoms with E-state index in [4.69, 9.17) is 4.42 Å². The van der Waals surface area contributed by atoms with E-state index in [1.807, 2.05) is 48.0 Å². The molecule has 1 atom stereocenters. The summed E-state index contributed by atoms with van der Waals surface area (Å²) in [5.41, 5.74) is 1.50. The Bertz CT molecular complexity index is 1140. The van der Waals surface area contributed by atoms with E-state index in [0.29, 0.717) is 10.8 Å². The van der Waals surface area contributed by atoms with Gasteiger partial charge in [0.15, 0.2) is 10.9 Å². The highest BCUT2D eigenvalue weighted by molar-refractivity contribution is 8.00. The molecule has 3 aromatic heterocycles. The van der Waals surface area contributed by atoms with Gasteiger partial charge in [-0.3, -0.25) is 9.59 Å². The Hall–Kier alpha value is -2.88. The van der Waals surface area contributed by atoms with E-state index in [9.17, 15) is 9.59 Å². The molecular weight excluding hydrogens is 438 g/mol. The molecular formula is C21H17N3O3S3. The van der Waals surface area contributed by atoms with Crippen LogP contribution in [-0.2, 0) is 4.79 Å². The number of nitrogens with zero attached hydrogens (tertiary/aromatic N) is 1. The molecule has 0 aliphatic rings. The molecule has 3 heterocycles. The quantitative estimate of drug-likeness (QED) is 0.342. The minimum atomic E-state index is -0.338. The standard InChI is InChI=1S/C21H17N3O3S3/c1-13(19(25)24-21-23-16(12-29-21)18-8-4-10-28-18)30-15-6-2-5-14(11-15)22-20(26)17-7-3-9-27-17/h2-13H,1H3,(H,22,26)(H,23,24,25). The summed E-state index contributed by atoms with van der Waals surface area (Å²) in [5, 5.41) is 9.84. The van der Waals surface area contributed by atoms with E-state index in [0.717, 1.165) is 15.5 Å². The molecule has 0 saturated carbocycles. The minimum absolute atomic E-state index is 0.128. The van der Waals surface area contributed by atoms with E-state index in [-0.39, 0.29) is 22.8 Å². The normalized spacial score (nSPS) is 11.8. The Kier molecular flexibility index (Phi) is 6.32. The molecule has 0 radical (unpaired) electrons. The average molecular weight is 456 g/mol. The van der Waals surface area contributed by atoms with Crippen molar-refractivity contribution in [3.05, 3.63) is 71.3 Å². The smallest absolute Gasteiger partial charge is 0.291 e. The van der Waals surface area contributed by atoms with Crippen LogP contribution in [0.3, 0.4) is 0 Å². The first kappa shape index (κ1) is 20.4. The predicted octanol–water partition coefficient (Wildman–Crippen LogP) is 5.84. The summed E-state index contributed by atoms with van der Waals surface area (Å²) in [6.07, 6.45) is 1.45. The van der Waals surface area contributed by atoms with Gasteiger partial charge >= 0.3 is 0 Å². The molecule has 9 heteroatoms. The maximum Gasteiger partial charge on any atom is 0.291 e. The molecule has 4 aromatic rings. The summed E-state index contributed by atoms with van der Waals surface area (Å²) < 4.78 is 5.10. The first-order chi connectivity index (χ1) is 14.6. The minimum Gasteiger partial charge on any atom is -0.459 e. The van der Waals surface area contributed by atoms with E-state index in [1.54, 1.807) is 29.5 Å². The van der Waals surface area contributed by atoms with Gasteiger partial charge in [-0.15, -0.1) is 34.4 Å². The number of rotatable bonds is 7. The topological polar surface area (TPSA) is 84.2 Å². The largest absolute Gasteiger partial charge is 0.459 e. The van der Waals surface area contributed by atoms with Crippen LogP contribution in [0, 0.1) is 0 Å². The summed E-state index contributed by atoms with van der Waals surface area (Å²) >= 11 is 4.42. The Morgan fingerprint density at radius 1 is 1.10 bits per heavy atom. The highest BCUT2D eigenvalue weighted by atomic mass is 32.2. The molecule has 2 amide bonds. The van der Waals surface area contributed by atoms with Crippen molar-refractivity contribution >= 4 is 57.1 Å². The number of thiophene rings is 1. The van der Waals surface area contributed by atoms with Gasteiger partial charge in [-0.25, -0.2) is 4.98 Å². The number of furan rings is 1. The molecule has 30 heavy (non-hydrogen) atoms. The second kappa shape index (κ2) is 9.29. The molecule has 1 unspecified atom stereocenters. The van der Waals surface area contributed by atoms with Crippen LogP contribution in [0.25, 0.3) is 10.6 Å². The predicted molar refractivity (Wildman–Crippen MR) is 122 cm³/mol. The summed E-state index contributed by atoms with van der Waals surface area (Å²) in [5.74, 6) is -0.207. The molecule has 0 fully saturated rings. The Morgan fingerprint density at radius 3 is 2.77 bits per heavy atom. The Labute approximate surface area is 185 Å². The molecule has 6 nitrogen and oxygen atoms in total. The van der Waals surface area contributed by atoms with Crippen LogP contribution < -0.4 is 10.6 Å². The van der Waals surface area contributed by atoms with E-state index in [1.165, 1.54) is 29.4 Å². The van der Waals surface area contributed by atoms with Gasteiger partial charge in [-0.05, 0) is 48.7 Å². The van der Waals surface area contributed by atoms with E-state index in [2.05, 4.69) is 15.6 Å². The van der Waals surface area contributed by atoms with E-state index >= 15 is 0 Å². The van der Waals surface area contributed by atoms with Crippen molar-refractivity contribution in [2.75, 3.05) is 10.6 Å². The number of carbonyl (C=O) groups is 2.